The van der Waals surface area contributed by atoms with Crippen molar-refractivity contribution < 1.29 is 4.74 Å². The van der Waals surface area contributed by atoms with Gasteiger partial charge < -0.3 is 10.5 Å². The first kappa shape index (κ1) is 9.85. The average molecular weight is 182 g/mol. The van der Waals surface area contributed by atoms with Crippen LogP contribution in [-0.2, 0) is 11.3 Å². The third-order valence-electron chi connectivity index (χ3n) is 1.41. The number of nitrogens with two attached hydrogens (primary N) is 1. The van der Waals surface area contributed by atoms with Crippen LogP contribution in [0.2, 0.25) is 0 Å². The summed E-state index contributed by atoms with van der Waals surface area (Å²) >= 11 is 0. The summed E-state index contributed by atoms with van der Waals surface area (Å²) in [5.74, 6) is 0.374. The lowest BCUT2D eigenvalue weighted by molar-refractivity contribution is -0.0149. The van der Waals surface area contributed by atoms with Crippen molar-refractivity contribution in [2.45, 2.75) is 33.0 Å². The van der Waals surface area contributed by atoms with Crippen molar-refractivity contribution in [3.05, 3.63) is 11.8 Å². The molecule has 1 rings (SSSR count). The molecule has 0 aliphatic heterocycles. The molecule has 0 bridgehead atoms. The summed E-state index contributed by atoms with van der Waals surface area (Å²) in [6.07, 6.45) is 1.56. The summed E-state index contributed by atoms with van der Waals surface area (Å²) < 4.78 is 5.51. The normalized spacial score (nSPS) is 11.6. The standard InChI is InChI=1S/C8H14N4O/c1-8(2,3)13-5-6-4-10-12-11-7(6)9/h4H,5H2,1-3H3,(H2,9,10,11). The van der Waals surface area contributed by atoms with E-state index in [9.17, 15) is 0 Å². The van der Waals surface area contributed by atoms with Gasteiger partial charge in [0.05, 0.1) is 18.4 Å². The van der Waals surface area contributed by atoms with Crippen molar-refractivity contribution >= 4 is 5.82 Å². The molecule has 0 amide bonds. The lowest BCUT2D eigenvalue weighted by atomic mass is 10.2. The van der Waals surface area contributed by atoms with E-state index in [-0.39, 0.29) is 5.60 Å². The Labute approximate surface area is 77.3 Å². The number of nitrogens with zero attached hydrogens (tertiary/aromatic N) is 3. The zero-order valence-corrected chi connectivity index (χ0v) is 8.11. The number of hydrogen-bond donors (Lipinski definition) is 1. The minimum Gasteiger partial charge on any atom is -0.382 e. The highest BCUT2D eigenvalue weighted by Crippen LogP contribution is 2.13. The molecule has 0 aromatic carbocycles. The fourth-order valence-corrected chi connectivity index (χ4v) is 0.705. The second-order valence-electron chi connectivity index (χ2n) is 3.75. The predicted octanol–water partition coefficient (Wildman–Crippen LogP) is 0.769. The topological polar surface area (TPSA) is 73.9 Å². The first-order chi connectivity index (χ1) is 5.99. The monoisotopic (exact) mass is 182 g/mol. The third kappa shape index (κ3) is 3.33. The van der Waals surface area contributed by atoms with E-state index >= 15 is 0 Å². The molecule has 5 heteroatoms. The summed E-state index contributed by atoms with van der Waals surface area (Å²) in [4.78, 5) is 0. The Balaban J connectivity index is 2.60. The lowest BCUT2D eigenvalue weighted by Crippen LogP contribution is -2.19. The van der Waals surface area contributed by atoms with Crippen molar-refractivity contribution in [3.63, 3.8) is 0 Å². The van der Waals surface area contributed by atoms with E-state index in [1.165, 1.54) is 0 Å². The van der Waals surface area contributed by atoms with Gasteiger partial charge in [0.1, 0.15) is 0 Å². The van der Waals surface area contributed by atoms with Crippen LogP contribution < -0.4 is 5.73 Å². The van der Waals surface area contributed by atoms with E-state index in [0.29, 0.717) is 12.4 Å². The van der Waals surface area contributed by atoms with E-state index in [1.54, 1.807) is 6.20 Å². The first-order valence-corrected chi connectivity index (χ1v) is 4.06. The Kier molecular flexibility index (Phi) is 2.77. The molecule has 5 nitrogen and oxygen atoms in total. The van der Waals surface area contributed by atoms with Gasteiger partial charge in [-0.15, -0.1) is 10.2 Å². The molecule has 72 valence electrons. The maximum atomic E-state index is 5.56. The molecule has 0 spiro atoms. The molecule has 0 saturated heterocycles. The first-order valence-electron chi connectivity index (χ1n) is 4.06. The molecule has 0 atom stereocenters. The highest BCUT2D eigenvalue weighted by atomic mass is 16.5. The Hall–Kier alpha value is -1.23. The van der Waals surface area contributed by atoms with Gasteiger partial charge in [-0.1, -0.05) is 0 Å². The highest BCUT2D eigenvalue weighted by molar-refractivity contribution is 5.34. The van der Waals surface area contributed by atoms with Crippen LogP contribution in [0.3, 0.4) is 0 Å². The van der Waals surface area contributed by atoms with E-state index in [2.05, 4.69) is 15.4 Å². The number of nitrogen functional groups attached to an aromatic ring is 1. The molecule has 1 heterocycles. The molecule has 0 aliphatic carbocycles. The molecule has 0 aliphatic rings. The summed E-state index contributed by atoms with van der Waals surface area (Å²) in [5.41, 5.74) is 6.14. The molecule has 0 unspecified atom stereocenters. The molecular formula is C8H14N4O. The second kappa shape index (κ2) is 3.66. The van der Waals surface area contributed by atoms with Crippen molar-refractivity contribution in [1.29, 1.82) is 0 Å². The number of hydrogen-bond acceptors (Lipinski definition) is 5. The number of aromatic nitrogens is 3. The van der Waals surface area contributed by atoms with Crippen molar-refractivity contribution in [2.24, 2.45) is 0 Å². The van der Waals surface area contributed by atoms with Crippen LogP contribution in [0.4, 0.5) is 5.82 Å². The fraction of sp³-hybridized carbons (Fsp3) is 0.625. The summed E-state index contributed by atoms with van der Waals surface area (Å²) in [6.45, 7) is 6.35. The van der Waals surface area contributed by atoms with Gasteiger partial charge >= 0.3 is 0 Å². The van der Waals surface area contributed by atoms with E-state index in [4.69, 9.17) is 10.5 Å². The van der Waals surface area contributed by atoms with E-state index in [1.807, 2.05) is 20.8 Å². The SMILES string of the molecule is CC(C)(C)OCc1cnnnc1N. The molecule has 1 aromatic rings. The summed E-state index contributed by atoms with van der Waals surface area (Å²) in [5, 5.41) is 10.7. The van der Waals surface area contributed by atoms with Gasteiger partial charge in [0.25, 0.3) is 0 Å². The second-order valence-corrected chi connectivity index (χ2v) is 3.75. The highest BCUT2D eigenvalue weighted by Gasteiger charge is 2.11. The van der Waals surface area contributed by atoms with Crippen molar-refractivity contribution in [1.82, 2.24) is 15.4 Å². The minimum atomic E-state index is -0.185. The Bertz CT molecular complexity index is 282. The molecule has 1 aromatic heterocycles. The predicted molar refractivity (Wildman–Crippen MR) is 48.8 cm³/mol. The van der Waals surface area contributed by atoms with Crippen molar-refractivity contribution in [2.75, 3.05) is 5.73 Å². The van der Waals surface area contributed by atoms with Crippen LogP contribution in [0.1, 0.15) is 26.3 Å². The van der Waals surface area contributed by atoms with Gasteiger partial charge in [-0.05, 0) is 26.0 Å². The number of ether oxygens (including phenoxy) is 1. The van der Waals surface area contributed by atoms with Gasteiger partial charge in [0, 0.05) is 5.56 Å². The van der Waals surface area contributed by atoms with Gasteiger partial charge in [0.2, 0.25) is 0 Å². The minimum absolute atomic E-state index is 0.185. The Morgan fingerprint density at radius 3 is 2.69 bits per heavy atom. The van der Waals surface area contributed by atoms with Crippen LogP contribution in [0.25, 0.3) is 0 Å². The zero-order valence-electron chi connectivity index (χ0n) is 8.11. The van der Waals surface area contributed by atoms with E-state index < -0.39 is 0 Å². The third-order valence-corrected chi connectivity index (χ3v) is 1.41. The summed E-state index contributed by atoms with van der Waals surface area (Å²) in [6, 6.07) is 0. The van der Waals surface area contributed by atoms with E-state index in [0.717, 1.165) is 5.56 Å². The van der Waals surface area contributed by atoms with Crippen LogP contribution in [0.15, 0.2) is 6.20 Å². The van der Waals surface area contributed by atoms with Gasteiger partial charge in [-0.3, -0.25) is 0 Å². The number of anilines is 1. The van der Waals surface area contributed by atoms with Gasteiger partial charge in [0.15, 0.2) is 5.82 Å². The van der Waals surface area contributed by atoms with Crippen LogP contribution >= 0.6 is 0 Å². The molecule has 13 heavy (non-hydrogen) atoms. The van der Waals surface area contributed by atoms with Crippen LogP contribution in [-0.4, -0.2) is 21.0 Å². The Morgan fingerprint density at radius 2 is 2.15 bits per heavy atom. The lowest BCUT2D eigenvalue weighted by Gasteiger charge is -2.19. The van der Waals surface area contributed by atoms with Crippen LogP contribution in [0, 0.1) is 0 Å². The molecule has 0 fully saturated rings. The van der Waals surface area contributed by atoms with Gasteiger partial charge in [-0.2, -0.15) is 0 Å². The van der Waals surface area contributed by atoms with Gasteiger partial charge in [-0.25, -0.2) is 0 Å². The largest absolute Gasteiger partial charge is 0.382 e. The molecule has 2 N–H and O–H groups in total. The summed E-state index contributed by atoms with van der Waals surface area (Å²) in [7, 11) is 0. The quantitative estimate of drug-likeness (QED) is 0.731. The maximum Gasteiger partial charge on any atom is 0.155 e. The van der Waals surface area contributed by atoms with Crippen molar-refractivity contribution in [3.8, 4) is 0 Å². The Morgan fingerprint density at radius 1 is 1.46 bits per heavy atom. The molecule has 0 radical (unpaired) electrons. The maximum absolute atomic E-state index is 5.56. The average Bonchev–Trinajstić information content (AvgIpc) is 2.01. The number of rotatable bonds is 2. The smallest absolute Gasteiger partial charge is 0.155 e. The van der Waals surface area contributed by atoms with Crippen LogP contribution in [0.5, 0.6) is 0 Å². The fourth-order valence-electron chi connectivity index (χ4n) is 0.705. The zero-order chi connectivity index (χ0) is 9.90. The molecular weight excluding hydrogens is 168 g/mol. The molecule has 0 saturated carbocycles.